The molecule has 0 N–H and O–H groups in total. The summed E-state index contributed by atoms with van der Waals surface area (Å²) in [6, 6.07) is 1.68. The van der Waals surface area contributed by atoms with Gasteiger partial charge in [0.15, 0.2) is 6.29 Å². The molecule has 1 heterocycles. The first-order chi connectivity index (χ1) is 6.13. The van der Waals surface area contributed by atoms with Crippen LogP contribution in [0.3, 0.4) is 0 Å². The van der Waals surface area contributed by atoms with Crippen LogP contribution in [0.5, 0.6) is 5.88 Å². The molecule has 0 unspecified atom stereocenters. The van der Waals surface area contributed by atoms with Crippen LogP contribution in [0, 0.1) is 0 Å². The number of nitrogens with zero attached hydrogens (tertiary/aromatic N) is 1. The molecular formula is C9H10BrNO2. The van der Waals surface area contributed by atoms with Crippen molar-refractivity contribution >= 4 is 22.2 Å². The molecule has 3 nitrogen and oxygen atoms in total. The van der Waals surface area contributed by atoms with Gasteiger partial charge in [0.1, 0.15) is 0 Å². The molecule has 70 valence electrons. The highest BCUT2D eigenvalue weighted by molar-refractivity contribution is 9.10. The van der Waals surface area contributed by atoms with Crippen LogP contribution < -0.4 is 4.74 Å². The highest BCUT2D eigenvalue weighted by atomic mass is 79.9. The van der Waals surface area contributed by atoms with Crippen molar-refractivity contribution in [1.82, 2.24) is 4.98 Å². The lowest BCUT2D eigenvalue weighted by molar-refractivity contribution is 0.112. The van der Waals surface area contributed by atoms with Gasteiger partial charge in [0.05, 0.1) is 10.6 Å². The molecule has 0 saturated carbocycles. The van der Waals surface area contributed by atoms with Gasteiger partial charge in [-0.1, -0.05) is 0 Å². The second-order valence-electron chi connectivity index (χ2n) is 2.84. The van der Waals surface area contributed by atoms with Gasteiger partial charge in [-0.3, -0.25) is 4.79 Å². The number of carbonyl (C=O) groups is 1. The Balaban J connectivity index is 2.91. The summed E-state index contributed by atoms with van der Waals surface area (Å²) in [4.78, 5) is 14.4. The van der Waals surface area contributed by atoms with E-state index in [2.05, 4.69) is 20.9 Å². The number of halogens is 1. The second kappa shape index (κ2) is 4.37. The van der Waals surface area contributed by atoms with Crippen molar-refractivity contribution in [3.63, 3.8) is 0 Å². The number of aldehydes is 1. The first-order valence-corrected chi connectivity index (χ1v) is 4.70. The Bertz CT molecular complexity index is 312. The first kappa shape index (κ1) is 10.2. The van der Waals surface area contributed by atoms with E-state index in [1.54, 1.807) is 6.07 Å². The molecule has 0 atom stereocenters. The molecule has 13 heavy (non-hydrogen) atoms. The van der Waals surface area contributed by atoms with Gasteiger partial charge in [-0.25, -0.2) is 4.98 Å². The third-order valence-electron chi connectivity index (χ3n) is 1.31. The molecule has 0 amide bonds. The average molecular weight is 244 g/mol. The Labute approximate surface area is 85.3 Å². The summed E-state index contributed by atoms with van der Waals surface area (Å²) in [5.41, 5.74) is 0.531. The average Bonchev–Trinajstić information content (AvgIpc) is 2.08. The highest BCUT2D eigenvalue weighted by Crippen LogP contribution is 2.23. The monoisotopic (exact) mass is 243 g/mol. The molecule has 1 rings (SSSR count). The van der Waals surface area contributed by atoms with Gasteiger partial charge < -0.3 is 4.74 Å². The number of aromatic nitrogens is 1. The van der Waals surface area contributed by atoms with Crippen LogP contribution in [-0.2, 0) is 0 Å². The van der Waals surface area contributed by atoms with E-state index in [4.69, 9.17) is 4.74 Å². The number of rotatable bonds is 3. The van der Waals surface area contributed by atoms with Gasteiger partial charge in [-0.05, 0) is 35.8 Å². The van der Waals surface area contributed by atoms with Gasteiger partial charge in [0.2, 0.25) is 5.88 Å². The summed E-state index contributed by atoms with van der Waals surface area (Å²) < 4.78 is 6.07. The topological polar surface area (TPSA) is 39.2 Å². The molecule has 4 heteroatoms. The minimum absolute atomic E-state index is 0.0749. The van der Waals surface area contributed by atoms with Crippen molar-refractivity contribution in [3.05, 3.63) is 22.3 Å². The van der Waals surface area contributed by atoms with Gasteiger partial charge in [-0.15, -0.1) is 0 Å². The Morgan fingerprint density at radius 3 is 2.77 bits per heavy atom. The normalized spacial score (nSPS) is 10.2. The number of hydrogen-bond donors (Lipinski definition) is 0. The summed E-state index contributed by atoms with van der Waals surface area (Å²) in [7, 11) is 0. The van der Waals surface area contributed by atoms with Crippen LogP contribution in [0.1, 0.15) is 24.2 Å². The van der Waals surface area contributed by atoms with E-state index in [0.29, 0.717) is 15.9 Å². The number of hydrogen-bond acceptors (Lipinski definition) is 3. The van der Waals surface area contributed by atoms with Crippen molar-refractivity contribution in [2.24, 2.45) is 0 Å². The molecule has 0 spiro atoms. The quantitative estimate of drug-likeness (QED) is 0.766. The van der Waals surface area contributed by atoms with Gasteiger partial charge >= 0.3 is 0 Å². The lowest BCUT2D eigenvalue weighted by Crippen LogP contribution is -2.07. The summed E-state index contributed by atoms with van der Waals surface area (Å²) in [6.45, 7) is 3.84. The van der Waals surface area contributed by atoms with E-state index in [1.807, 2.05) is 13.8 Å². The molecule has 0 aliphatic carbocycles. The standard InChI is InChI=1S/C9H10BrNO2/c1-6(2)13-9-8(10)3-7(5-12)4-11-9/h3-6H,1-2H3. The van der Waals surface area contributed by atoms with E-state index < -0.39 is 0 Å². The van der Waals surface area contributed by atoms with E-state index in [9.17, 15) is 4.79 Å². The predicted octanol–water partition coefficient (Wildman–Crippen LogP) is 2.44. The smallest absolute Gasteiger partial charge is 0.228 e. The predicted molar refractivity (Wildman–Crippen MR) is 53.1 cm³/mol. The van der Waals surface area contributed by atoms with E-state index in [-0.39, 0.29) is 6.10 Å². The van der Waals surface area contributed by atoms with E-state index >= 15 is 0 Å². The zero-order valence-electron chi connectivity index (χ0n) is 7.45. The summed E-state index contributed by atoms with van der Waals surface area (Å²) in [5.74, 6) is 0.514. The van der Waals surface area contributed by atoms with E-state index in [1.165, 1.54) is 6.20 Å². The Morgan fingerprint density at radius 1 is 1.62 bits per heavy atom. The molecule has 0 aromatic carbocycles. The molecular weight excluding hydrogens is 234 g/mol. The molecule has 0 aliphatic rings. The summed E-state index contributed by atoms with van der Waals surface area (Å²) in [5, 5.41) is 0. The SMILES string of the molecule is CC(C)Oc1ncc(C=O)cc1Br. The fourth-order valence-corrected chi connectivity index (χ4v) is 1.27. The minimum atomic E-state index is 0.0749. The fraction of sp³-hybridized carbons (Fsp3) is 0.333. The van der Waals surface area contributed by atoms with Crippen LogP contribution in [0.15, 0.2) is 16.7 Å². The van der Waals surface area contributed by atoms with Gasteiger partial charge in [0, 0.05) is 11.8 Å². The molecule has 1 aromatic rings. The van der Waals surface area contributed by atoms with Crippen LogP contribution in [0.2, 0.25) is 0 Å². The van der Waals surface area contributed by atoms with Crippen LogP contribution in [-0.4, -0.2) is 17.4 Å². The second-order valence-corrected chi connectivity index (χ2v) is 3.69. The Hall–Kier alpha value is -0.900. The minimum Gasteiger partial charge on any atom is -0.474 e. The zero-order valence-corrected chi connectivity index (χ0v) is 9.04. The van der Waals surface area contributed by atoms with Gasteiger partial charge in [0.25, 0.3) is 0 Å². The number of ether oxygens (including phenoxy) is 1. The van der Waals surface area contributed by atoms with Gasteiger partial charge in [-0.2, -0.15) is 0 Å². The first-order valence-electron chi connectivity index (χ1n) is 3.91. The molecule has 0 aliphatic heterocycles. The van der Waals surface area contributed by atoms with E-state index in [0.717, 1.165) is 6.29 Å². The summed E-state index contributed by atoms with van der Waals surface area (Å²) in [6.07, 6.45) is 2.30. The largest absolute Gasteiger partial charge is 0.474 e. The van der Waals surface area contributed by atoms with Crippen molar-refractivity contribution in [2.75, 3.05) is 0 Å². The maximum Gasteiger partial charge on any atom is 0.228 e. The molecule has 0 fully saturated rings. The Morgan fingerprint density at radius 2 is 2.31 bits per heavy atom. The zero-order chi connectivity index (χ0) is 9.84. The van der Waals surface area contributed by atoms with Crippen molar-refractivity contribution < 1.29 is 9.53 Å². The molecule has 0 bridgehead atoms. The fourth-order valence-electron chi connectivity index (χ4n) is 0.815. The van der Waals surface area contributed by atoms with Crippen molar-refractivity contribution in [1.29, 1.82) is 0 Å². The lowest BCUT2D eigenvalue weighted by Gasteiger charge is -2.09. The Kier molecular flexibility index (Phi) is 3.42. The maximum absolute atomic E-state index is 10.4. The number of pyridine rings is 1. The maximum atomic E-state index is 10.4. The van der Waals surface area contributed by atoms with Crippen LogP contribution in [0.25, 0.3) is 0 Å². The summed E-state index contributed by atoms with van der Waals surface area (Å²) >= 11 is 3.27. The molecule has 0 saturated heterocycles. The lowest BCUT2D eigenvalue weighted by atomic mass is 10.3. The van der Waals surface area contributed by atoms with Crippen LogP contribution in [0.4, 0.5) is 0 Å². The van der Waals surface area contributed by atoms with Crippen LogP contribution >= 0.6 is 15.9 Å². The highest BCUT2D eigenvalue weighted by Gasteiger charge is 2.05. The van der Waals surface area contributed by atoms with Crippen molar-refractivity contribution in [3.8, 4) is 5.88 Å². The third-order valence-corrected chi connectivity index (χ3v) is 1.88. The molecule has 0 radical (unpaired) electrons. The third kappa shape index (κ3) is 2.81. The molecule has 1 aromatic heterocycles. The number of carbonyl (C=O) groups excluding carboxylic acids is 1. The van der Waals surface area contributed by atoms with Crippen molar-refractivity contribution in [2.45, 2.75) is 20.0 Å².